The minimum absolute atomic E-state index is 0. The number of amides is 2. The molecule has 0 radical (unpaired) electrons. The first-order chi connectivity index (χ1) is 24.9. The van der Waals surface area contributed by atoms with Crippen molar-refractivity contribution < 1.29 is 90.4 Å². The first-order valence-electron chi connectivity index (χ1n) is 15.2. The first-order valence-corrected chi connectivity index (χ1v) is 20.7. The van der Waals surface area contributed by atoms with Gasteiger partial charge in [-0.25, -0.2) is 28.6 Å². The molecule has 26 nitrogen and oxygen atoms in total. The summed E-state index contributed by atoms with van der Waals surface area (Å²) in [5, 5.41) is 34.0. The van der Waals surface area contributed by atoms with Crippen LogP contribution >= 0.6 is 35.2 Å². The molecule has 2 aromatic rings. The quantitative estimate of drug-likeness (QED) is 0.0399. The minimum Gasteiger partial charge on any atom is -0.481 e. The van der Waals surface area contributed by atoms with Gasteiger partial charge >= 0.3 is 29.4 Å². The number of aliphatic carboxylic acids is 1. The van der Waals surface area contributed by atoms with Gasteiger partial charge in [-0.15, -0.1) is 0 Å². The number of aromatic nitrogens is 4. The van der Waals surface area contributed by atoms with Crippen LogP contribution in [0.25, 0.3) is 11.2 Å². The summed E-state index contributed by atoms with van der Waals surface area (Å²) < 4.78 is 61.8. The highest BCUT2D eigenvalue weighted by molar-refractivity contribution is 8.13. The Bertz CT molecular complexity index is 1830. The maximum Gasteiger partial charge on any atom is 0.481 e. The predicted molar refractivity (Wildman–Crippen MR) is 186 cm³/mol. The van der Waals surface area contributed by atoms with Crippen molar-refractivity contribution in [2.24, 2.45) is 5.41 Å². The number of nitrogen functional groups attached to an aromatic ring is 1. The summed E-state index contributed by atoms with van der Waals surface area (Å²) in [6.45, 7) is 0.132. The summed E-state index contributed by atoms with van der Waals surface area (Å²) in [6, 6.07) is 0. The van der Waals surface area contributed by atoms with Crippen molar-refractivity contribution >= 4 is 75.1 Å². The van der Waals surface area contributed by atoms with Crippen LogP contribution in [0.2, 0.25) is 0 Å². The van der Waals surface area contributed by atoms with Gasteiger partial charge in [-0.2, -0.15) is 4.31 Å². The van der Waals surface area contributed by atoms with Crippen molar-refractivity contribution in [3.05, 3.63) is 12.7 Å². The van der Waals surface area contributed by atoms with Crippen LogP contribution in [0.15, 0.2) is 12.7 Å². The maximum atomic E-state index is 12.6. The predicted octanol–water partition coefficient (Wildman–Crippen LogP) is -1.22. The Hall–Kier alpha value is -2.97. The Labute approximate surface area is 315 Å². The van der Waals surface area contributed by atoms with Gasteiger partial charge < -0.3 is 56.0 Å². The van der Waals surface area contributed by atoms with Crippen LogP contribution < -0.4 is 16.4 Å². The second kappa shape index (κ2) is 19.9. The third kappa shape index (κ3) is 14.8. The minimum atomic E-state index is -5.59. The highest BCUT2D eigenvalue weighted by atomic mass is 32.2. The fourth-order valence-electron chi connectivity index (χ4n) is 4.47. The van der Waals surface area contributed by atoms with Gasteiger partial charge in [0.25, 0.3) is 0 Å². The third-order valence-electron chi connectivity index (χ3n) is 7.06. The number of ether oxygens (including phenoxy) is 1. The van der Waals surface area contributed by atoms with E-state index in [9.17, 15) is 62.7 Å². The molecular formula is C25H42N7O19P3S. The van der Waals surface area contributed by atoms with E-state index in [1.54, 1.807) is 0 Å². The number of nitrogens with one attached hydrogen (secondary N) is 2. The number of fused-ring (bicyclic) bond motifs is 1. The molecule has 3 heterocycles. The molecule has 0 aliphatic carbocycles. The molecule has 55 heavy (non-hydrogen) atoms. The molecule has 3 rings (SSSR count). The van der Waals surface area contributed by atoms with Crippen LogP contribution in [-0.2, 0) is 55.5 Å². The summed E-state index contributed by atoms with van der Waals surface area (Å²) in [6.07, 6.45) is -7.78. The van der Waals surface area contributed by atoms with Crippen molar-refractivity contribution in [1.29, 1.82) is 0 Å². The number of carbonyl (C=O) groups excluding carboxylic acids is 3. The number of nitrogens with two attached hydrogens (primary N) is 1. The van der Waals surface area contributed by atoms with Gasteiger partial charge in [-0.3, -0.25) is 37.3 Å². The zero-order chi connectivity index (χ0) is 40.6. The van der Waals surface area contributed by atoms with Crippen LogP contribution in [0.1, 0.15) is 40.3 Å². The normalized spacial score (nSPS) is 21.5. The fourth-order valence-corrected chi connectivity index (χ4v) is 7.96. The Morgan fingerprint density at radius 2 is 1.71 bits per heavy atom. The van der Waals surface area contributed by atoms with Gasteiger partial charge in [0.15, 0.2) is 22.8 Å². The molecule has 0 spiro atoms. The van der Waals surface area contributed by atoms with Gasteiger partial charge in [-0.1, -0.05) is 33.0 Å². The molecular weight excluding hydrogens is 827 g/mol. The summed E-state index contributed by atoms with van der Waals surface area (Å²) >= 11 is 0.718. The van der Waals surface area contributed by atoms with Crippen molar-refractivity contribution in [3.63, 3.8) is 0 Å². The van der Waals surface area contributed by atoms with Crippen LogP contribution in [0.3, 0.4) is 0 Å². The van der Waals surface area contributed by atoms with Crippen molar-refractivity contribution in [3.8, 4) is 0 Å². The second-order valence-corrected chi connectivity index (χ2v) is 17.2. The maximum absolute atomic E-state index is 12.6. The lowest BCUT2D eigenvalue weighted by Crippen LogP contribution is -2.46. The zero-order valence-corrected chi connectivity index (χ0v) is 31.6. The first kappa shape index (κ1) is 48.2. The summed E-state index contributed by atoms with van der Waals surface area (Å²) in [5.74, 6) is -2.80. The van der Waals surface area contributed by atoms with E-state index in [4.69, 9.17) is 24.6 Å². The van der Waals surface area contributed by atoms with Crippen molar-refractivity contribution in [2.45, 2.75) is 64.8 Å². The fraction of sp³-hybridized carbons (Fsp3) is 0.640. The van der Waals surface area contributed by atoms with E-state index < -0.39 is 102 Å². The lowest BCUT2D eigenvalue weighted by molar-refractivity contribution is -0.139. The molecule has 1 aliphatic rings. The molecule has 11 N–H and O–H groups in total. The van der Waals surface area contributed by atoms with E-state index in [1.807, 2.05) is 0 Å². The number of nitrogens with zero attached hydrogens (tertiary/aromatic N) is 4. The Morgan fingerprint density at radius 1 is 1.05 bits per heavy atom. The smallest absolute Gasteiger partial charge is 0.481 e. The van der Waals surface area contributed by atoms with E-state index in [0.717, 1.165) is 29.0 Å². The van der Waals surface area contributed by atoms with Gasteiger partial charge in [-0.05, 0) is 0 Å². The van der Waals surface area contributed by atoms with Crippen LogP contribution in [-0.4, -0.2) is 134 Å². The molecule has 1 saturated heterocycles. The standard InChI is InChI=1S/C24H38N7O19P3S.CH4/c1-24(2,19(37)22(38)27-4-3-13(32)26-5-6-54-15(35)7-14(33)34)9-47-53(44,45)50-52(42,43)46-8-12-18(49-51(39,40)41)17(36)23(48-12)31-11-30-16-20(25)28-10-29-21(16)31;/h10-12,17-19,23,36-37H,3-9H2,1-2H3,(H,26,32)(H,27,38)(H,33,34)(H,42,43)(H,44,45)(H2,25,28,29)(H2,39,40,41);1H4/t12-,17-,18-,19+,23-;/m1./s1. The van der Waals surface area contributed by atoms with Crippen LogP contribution in [0, 0.1) is 5.41 Å². The molecule has 2 amide bonds. The van der Waals surface area contributed by atoms with Gasteiger partial charge in [0, 0.05) is 30.7 Å². The molecule has 1 fully saturated rings. The molecule has 2 aromatic heterocycles. The number of hydrogen-bond acceptors (Lipinski definition) is 19. The second-order valence-electron chi connectivity index (χ2n) is 11.9. The number of phosphoric ester groups is 3. The Balaban J connectivity index is 0.0000105. The largest absolute Gasteiger partial charge is 0.481 e. The van der Waals surface area contributed by atoms with Crippen LogP contribution in [0.4, 0.5) is 5.82 Å². The number of carboxylic acids is 1. The summed E-state index contributed by atoms with van der Waals surface area (Å²) in [4.78, 5) is 97.0. The molecule has 312 valence electrons. The molecule has 0 bridgehead atoms. The van der Waals surface area contributed by atoms with Crippen molar-refractivity contribution in [1.82, 2.24) is 30.2 Å². The van der Waals surface area contributed by atoms with E-state index in [0.29, 0.717) is 0 Å². The molecule has 30 heteroatoms. The molecule has 0 aromatic carbocycles. The number of aliphatic hydroxyl groups excluding tert-OH is 2. The topological polar surface area (TPSA) is 401 Å². The number of aliphatic hydroxyl groups is 2. The van der Waals surface area contributed by atoms with Crippen molar-refractivity contribution in [2.75, 3.05) is 37.8 Å². The average molecular weight is 870 g/mol. The molecule has 2 unspecified atom stereocenters. The lowest BCUT2D eigenvalue weighted by atomic mass is 9.87. The Morgan fingerprint density at radius 3 is 2.35 bits per heavy atom. The number of rotatable bonds is 21. The monoisotopic (exact) mass is 869 g/mol. The number of thioether (sulfide) groups is 1. The number of anilines is 1. The number of phosphoric acid groups is 3. The highest BCUT2D eigenvalue weighted by Crippen LogP contribution is 2.61. The van der Waals surface area contributed by atoms with E-state index >= 15 is 0 Å². The lowest BCUT2D eigenvalue weighted by Gasteiger charge is -2.30. The summed E-state index contributed by atoms with van der Waals surface area (Å²) in [7, 11) is -16.4. The third-order valence-corrected chi connectivity index (χ3v) is 11.0. The van der Waals surface area contributed by atoms with Gasteiger partial charge in [0.1, 0.15) is 42.7 Å². The SMILES string of the molecule is C.CC(C)(COP(=O)(O)OP(=O)(O)OC[C@H]1O[C@@H](n2cnc3c(N)ncnc32)[C@H](O)[C@@H]1OP(=O)(O)O)[C@@H](O)C(=O)NCCC(=O)NCCSC(=O)CC(=O)O. The number of carboxylic acid groups (broad SMARTS) is 1. The number of carbonyl (C=O) groups is 4. The molecule has 7 atom stereocenters. The molecule has 0 saturated carbocycles. The van der Waals surface area contributed by atoms with E-state index in [2.05, 4.69) is 34.4 Å². The van der Waals surface area contributed by atoms with E-state index in [-0.39, 0.29) is 49.7 Å². The van der Waals surface area contributed by atoms with E-state index in [1.165, 1.54) is 13.8 Å². The molecule has 1 aliphatic heterocycles. The highest BCUT2D eigenvalue weighted by Gasteiger charge is 2.50. The van der Waals surface area contributed by atoms with Gasteiger partial charge in [0.2, 0.25) is 11.8 Å². The van der Waals surface area contributed by atoms with Crippen LogP contribution in [0.5, 0.6) is 0 Å². The van der Waals surface area contributed by atoms with Gasteiger partial charge in [0.05, 0.1) is 19.5 Å². The zero-order valence-electron chi connectivity index (χ0n) is 28.1. The summed E-state index contributed by atoms with van der Waals surface area (Å²) in [5.41, 5.74) is 4.19. The number of hydrogen-bond donors (Lipinski definition) is 10. The average Bonchev–Trinajstić information content (AvgIpc) is 3.60. The Kier molecular flexibility index (Phi) is 17.5. The number of imidazole rings is 1.